The monoisotopic (exact) mass is 262 g/mol. The van der Waals surface area contributed by atoms with Gasteiger partial charge in [0.2, 0.25) is 0 Å². The van der Waals surface area contributed by atoms with E-state index in [0.29, 0.717) is 10.6 Å². The van der Waals surface area contributed by atoms with Gasteiger partial charge in [0.25, 0.3) is 5.91 Å². The summed E-state index contributed by atoms with van der Waals surface area (Å²) in [6.07, 6.45) is 2.60. The van der Waals surface area contributed by atoms with E-state index in [9.17, 15) is 4.79 Å². The number of carbonyl (C=O) groups excluding carboxylic acids is 1. The minimum atomic E-state index is -0.150. The molecule has 1 heterocycles. The molecule has 0 saturated carbocycles. The van der Waals surface area contributed by atoms with E-state index in [1.807, 2.05) is 12.1 Å². The summed E-state index contributed by atoms with van der Waals surface area (Å²) in [7, 11) is 0. The fourth-order valence-corrected chi connectivity index (χ4v) is 1.83. The van der Waals surface area contributed by atoms with Crippen LogP contribution in [0.15, 0.2) is 30.5 Å². The van der Waals surface area contributed by atoms with Gasteiger partial charge in [0.15, 0.2) is 0 Å². The summed E-state index contributed by atoms with van der Waals surface area (Å²) in [4.78, 5) is 11.9. The fraction of sp³-hybridized carbons (Fsp3) is 0.250. The standard InChI is InChI=1S/C12H14N4OS/c1-2-7-13-10-5-3-9(4-6-10)12(17)15-11-8-14-16-18-11/h3-6,8,13H,2,7H2,1H3,(H,15,17). The molecule has 1 aromatic carbocycles. The van der Waals surface area contributed by atoms with Crippen LogP contribution < -0.4 is 10.6 Å². The van der Waals surface area contributed by atoms with Crippen LogP contribution in [0.3, 0.4) is 0 Å². The zero-order valence-corrected chi connectivity index (χ0v) is 10.8. The van der Waals surface area contributed by atoms with E-state index in [1.54, 1.807) is 12.1 Å². The molecule has 0 spiro atoms. The highest BCUT2D eigenvalue weighted by Crippen LogP contribution is 2.13. The number of nitrogens with zero attached hydrogens (tertiary/aromatic N) is 2. The van der Waals surface area contributed by atoms with Crippen LogP contribution in [0.25, 0.3) is 0 Å². The van der Waals surface area contributed by atoms with Gasteiger partial charge in [0.1, 0.15) is 5.00 Å². The number of benzene rings is 1. The normalized spacial score (nSPS) is 10.1. The van der Waals surface area contributed by atoms with Gasteiger partial charge in [0, 0.05) is 29.3 Å². The summed E-state index contributed by atoms with van der Waals surface area (Å²) in [5.74, 6) is -0.150. The third-order valence-electron chi connectivity index (χ3n) is 2.32. The third kappa shape index (κ3) is 3.27. The molecule has 6 heteroatoms. The molecule has 0 aliphatic rings. The molecule has 2 rings (SSSR count). The summed E-state index contributed by atoms with van der Waals surface area (Å²) >= 11 is 1.15. The Kier molecular flexibility index (Phi) is 4.25. The van der Waals surface area contributed by atoms with E-state index >= 15 is 0 Å². The van der Waals surface area contributed by atoms with Gasteiger partial charge >= 0.3 is 0 Å². The molecule has 0 saturated heterocycles. The Morgan fingerprint density at radius 3 is 2.72 bits per heavy atom. The molecule has 0 atom stereocenters. The Morgan fingerprint density at radius 1 is 1.33 bits per heavy atom. The maximum Gasteiger partial charge on any atom is 0.256 e. The molecule has 94 valence electrons. The highest BCUT2D eigenvalue weighted by Gasteiger charge is 2.07. The summed E-state index contributed by atoms with van der Waals surface area (Å²) in [6, 6.07) is 7.38. The van der Waals surface area contributed by atoms with Gasteiger partial charge in [-0.15, -0.1) is 5.10 Å². The van der Waals surface area contributed by atoms with Crippen molar-refractivity contribution in [1.29, 1.82) is 0 Å². The van der Waals surface area contributed by atoms with Gasteiger partial charge in [-0.25, -0.2) is 0 Å². The lowest BCUT2D eigenvalue weighted by molar-refractivity contribution is 0.102. The number of amides is 1. The van der Waals surface area contributed by atoms with E-state index < -0.39 is 0 Å². The molecule has 18 heavy (non-hydrogen) atoms. The van der Waals surface area contributed by atoms with Crippen molar-refractivity contribution in [2.24, 2.45) is 0 Å². The highest BCUT2D eigenvalue weighted by atomic mass is 32.1. The Morgan fingerprint density at radius 2 is 2.11 bits per heavy atom. The number of aromatic nitrogens is 2. The maximum absolute atomic E-state index is 11.9. The first-order valence-electron chi connectivity index (χ1n) is 5.72. The van der Waals surface area contributed by atoms with Crippen LogP contribution in [-0.2, 0) is 0 Å². The first-order chi connectivity index (χ1) is 8.79. The Labute approximate surface area is 109 Å². The van der Waals surface area contributed by atoms with Crippen LogP contribution in [-0.4, -0.2) is 22.0 Å². The molecule has 0 radical (unpaired) electrons. The molecule has 2 N–H and O–H groups in total. The predicted molar refractivity (Wildman–Crippen MR) is 73.1 cm³/mol. The Hall–Kier alpha value is -1.95. The van der Waals surface area contributed by atoms with Crippen molar-refractivity contribution in [1.82, 2.24) is 9.59 Å². The molecule has 1 amide bonds. The van der Waals surface area contributed by atoms with Crippen LogP contribution in [0, 0.1) is 0 Å². The third-order valence-corrected chi connectivity index (χ3v) is 2.90. The van der Waals surface area contributed by atoms with Crippen LogP contribution >= 0.6 is 11.5 Å². The number of hydrogen-bond donors (Lipinski definition) is 2. The lowest BCUT2D eigenvalue weighted by Crippen LogP contribution is -2.10. The van der Waals surface area contributed by atoms with E-state index in [2.05, 4.69) is 27.1 Å². The van der Waals surface area contributed by atoms with E-state index in [4.69, 9.17) is 0 Å². The van der Waals surface area contributed by atoms with E-state index in [1.165, 1.54) is 6.20 Å². The molecular formula is C12H14N4OS. The molecule has 0 bridgehead atoms. The number of anilines is 2. The first-order valence-corrected chi connectivity index (χ1v) is 6.49. The lowest BCUT2D eigenvalue weighted by Gasteiger charge is -2.06. The second-order valence-electron chi connectivity index (χ2n) is 3.74. The highest BCUT2D eigenvalue weighted by molar-refractivity contribution is 7.10. The summed E-state index contributed by atoms with van der Waals surface area (Å²) in [5.41, 5.74) is 1.64. The number of hydrogen-bond acceptors (Lipinski definition) is 5. The zero-order valence-electron chi connectivity index (χ0n) is 10.0. The van der Waals surface area contributed by atoms with Gasteiger partial charge in [-0.05, 0) is 30.7 Å². The molecule has 1 aromatic heterocycles. The van der Waals surface area contributed by atoms with Crippen LogP contribution in [0.2, 0.25) is 0 Å². The summed E-state index contributed by atoms with van der Waals surface area (Å²) in [6.45, 7) is 3.04. The summed E-state index contributed by atoms with van der Waals surface area (Å²) in [5, 5.41) is 10.3. The van der Waals surface area contributed by atoms with Crippen molar-refractivity contribution in [3.05, 3.63) is 36.0 Å². The average molecular weight is 262 g/mol. The van der Waals surface area contributed by atoms with Gasteiger partial charge in [-0.1, -0.05) is 11.4 Å². The van der Waals surface area contributed by atoms with Gasteiger partial charge in [-0.2, -0.15) is 0 Å². The van der Waals surface area contributed by atoms with Crippen LogP contribution in [0.4, 0.5) is 10.7 Å². The van der Waals surface area contributed by atoms with Crippen molar-refractivity contribution < 1.29 is 4.79 Å². The molecule has 2 aromatic rings. The van der Waals surface area contributed by atoms with Crippen LogP contribution in [0.1, 0.15) is 23.7 Å². The van der Waals surface area contributed by atoms with Gasteiger partial charge < -0.3 is 10.6 Å². The molecule has 0 fully saturated rings. The number of nitrogens with one attached hydrogen (secondary N) is 2. The van der Waals surface area contributed by atoms with E-state index in [0.717, 1.165) is 30.2 Å². The largest absolute Gasteiger partial charge is 0.385 e. The van der Waals surface area contributed by atoms with Crippen LogP contribution in [0.5, 0.6) is 0 Å². The SMILES string of the molecule is CCCNc1ccc(C(=O)Nc2cnns2)cc1. The molecular weight excluding hydrogens is 248 g/mol. The first kappa shape index (κ1) is 12.5. The average Bonchev–Trinajstić information content (AvgIpc) is 2.89. The van der Waals surface area contributed by atoms with Crippen molar-refractivity contribution in [3.8, 4) is 0 Å². The fourth-order valence-electron chi connectivity index (χ4n) is 1.42. The molecule has 0 aliphatic carbocycles. The predicted octanol–water partition coefficient (Wildman–Crippen LogP) is 2.61. The molecule has 0 unspecified atom stereocenters. The minimum Gasteiger partial charge on any atom is -0.385 e. The van der Waals surface area contributed by atoms with Gasteiger partial charge in [-0.3, -0.25) is 4.79 Å². The smallest absolute Gasteiger partial charge is 0.256 e. The second kappa shape index (κ2) is 6.11. The van der Waals surface area contributed by atoms with Crippen molar-refractivity contribution in [2.75, 3.05) is 17.2 Å². The number of rotatable bonds is 5. The molecule has 0 aliphatic heterocycles. The van der Waals surface area contributed by atoms with Crippen molar-refractivity contribution in [2.45, 2.75) is 13.3 Å². The topological polar surface area (TPSA) is 66.9 Å². The quantitative estimate of drug-likeness (QED) is 0.869. The lowest BCUT2D eigenvalue weighted by atomic mass is 10.2. The maximum atomic E-state index is 11.9. The summed E-state index contributed by atoms with van der Waals surface area (Å²) < 4.78 is 3.68. The van der Waals surface area contributed by atoms with Crippen molar-refractivity contribution in [3.63, 3.8) is 0 Å². The minimum absolute atomic E-state index is 0.150. The number of carbonyl (C=O) groups is 1. The molecule has 5 nitrogen and oxygen atoms in total. The van der Waals surface area contributed by atoms with E-state index in [-0.39, 0.29) is 5.91 Å². The van der Waals surface area contributed by atoms with Gasteiger partial charge in [0.05, 0.1) is 6.20 Å². The second-order valence-corrected chi connectivity index (χ2v) is 4.53. The Bertz CT molecular complexity index is 495. The van der Waals surface area contributed by atoms with Crippen molar-refractivity contribution >= 4 is 28.1 Å². The zero-order chi connectivity index (χ0) is 12.8. The Balaban J connectivity index is 1.98.